The molecule has 1 unspecified atom stereocenters. The number of aliphatic hydroxyl groups excluding tert-OH is 1. The number of rotatable bonds is 3. The van der Waals surface area contributed by atoms with Gasteiger partial charge in [-0.15, -0.1) is 0 Å². The molecule has 1 N–H and O–H groups in total. The van der Waals surface area contributed by atoms with Gasteiger partial charge in [0.15, 0.2) is 6.23 Å². The van der Waals surface area contributed by atoms with Crippen molar-refractivity contribution in [3.63, 3.8) is 0 Å². The van der Waals surface area contributed by atoms with Crippen LogP contribution in [0.1, 0.15) is 33.3 Å². The molecule has 2 heterocycles. The Hall–Kier alpha value is -2.76. The summed E-state index contributed by atoms with van der Waals surface area (Å²) in [7, 11) is 0. The third-order valence-corrected chi connectivity index (χ3v) is 7.02. The van der Waals surface area contributed by atoms with Crippen LogP contribution < -0.4 is 4.90 Å². The zero-order chi connectivity index (χ0) is 20.1. The second-order valence-corrected chi connectivity index (χ2v) is 8.62. The van der Waals surface area contributed by atoms with Gasteiger partial charge in [0, 0.05) is 34.0 Å². The summed E-state index contributed by atoms with van der Waals surface area (Å²) in [6.07, 6.45) is -0.883. The van der Waals surface area contributed by atoms with E-state index in [2.05, 4.69) is 49.1 Å². The Morgan fingerprint density at radius 1 is 0.931 bits per heavy atom. The van der Waals surface area contributed by atoms with Crippen LogP contribution >= 0.6 is 11.8 Å². The number of carbonyl (C=O) groups excluding carboxylic acids is 1. The van der Waals surface area contributed by atoms with Gasteiger partial charge < -0.3 is 14.9 Å². The van der Waals surface area contributed by atoms with Gasteiger partial charge in [-0.25, -0.2) is 0 Å². The molecule has 5 heteroatoms. The van der Waals surface area contributed by atoms with Crippen LogP contribution in [-0.4, -0.2) is 29.0 Å². The molecule has 0 saturated carbocycles. The molecule has 5 rings (SSSR count). The Morgan fingerprint density at radius 2 is 1.69 bits per heavy atom. The number of hydrogen-bond donors (Lipinski definition) is 1. The first-order chi connectivity index (χ1) is 14.1. The number of amides is 1. The Morgan fingerprint density at radius 3 is 2.52 bits per heavy atom. The van der Waals surface area contributed by atoms with Crippen LogP contribution in [0, 0.1) is 13.8 Å². The Kier molecular flexibility index (Phi) is 4.37. The Balaban J connectivity index is 1.50. The van der Waals surface area contributed by atoms with Gasteiger partial charge in [-0.2, -0.15) is 0 Å². The minimum absolute atomic E-state index is 0.103. The van der Waals surface area contributed by atoms with Crippen molar-refractivity contribution in [1.82, 2.24) is 4.90 Å². The monoisotopic (exact) mass is 402 g/mol. The first kappa shape index (κ1) is 18.3. The maximum Gasteiger partial charge on any atom is 0.256 e. The van der Waals surface area contributed by atoms with Crippen molar-refractivity contribution < 1.29 is 9.90 Å². The van der Waals surface area contributed by atoms with Gasteiger partial charge in [0.1, 0.15) is 0 Å². The number of aliphatic hydroxyl groups is 1. The van der Waals surface area contributed by atoms with Gasteiger partial charge in [0.25, 0.3) is 5.91 Å². The Bertz CT molecular complexity index is 1130. The molecule has 1 amide bonds. The molecule has 146 valence electrons. The Labute approximate surface area is 174 Å². The van der Waals surface area contributed by atoms with Crippen molar-refractivity contribution in [1.29, 1.82) is 0 Å². The maximum atomic E-state index is 12.8. The van der Waals surface area contributed by atoms with Crippen LogP contribution in [0.3, 0.4) is 0 Å². The van der Waals surface area contributed by atoms with E-state index in [4.69, 9.17) is 0 Å². The highest BCUT2D eigenvalue weighted by molar-refractivity contribution is 7.99. The summed E-state index contributed by atoms with van der Waals surface area (Å²) in [5.74, 6) is -0.103. The summed E-state index contributed by atoms with van der Waals surface area (Å²) in [5, 5.41) is 10.7. The van der Waals surface area contributed by atoms with E-state index in [9.17, 15) is 9.90 Å². The highest BCUT2D eigenvalue weighted by atomic mass is 32.2. The van der Waals surface area contributed by atoms with E-state index in [0.717, 1.165) is 5.69 Å². The van der Waals surface area contributed by atoms with Crippen LogP contribution in [-0.2, 0) is 0 Å². The van der Waals surface area contributed by atoms with Crippen LogP contribution in [0.2, 0.25) is 0 Å². The molecule has 0 spiro atoms. The summed E-state index contributed by atoms with van der Waals surface area (Å²) >= 11 is 1.79. The smallest absolute Gasteiger partial charge is 0.256 e. The third kappa shape index (κ3) is 2.84. The number of carbonyl (C=O) groups is 1. The molecule has 0 aromatic heterocycles. The van der Waals surface area contributed by atoms with E-state index in [1.54, 1.807) is 22.7 Å². The molecule has 0 radical (unpaired) electrons. The van der Waals surface area contributed by atoms with Crippen LogP contribution in [0.4, 0.5) is 11.4 Å². The van der Waals surface area contributed by atoms with E-state index >= 15 is 0 Å². The van der Waals surface area contributed by atoms with Crippen LogP contribution in [0.15, 0.2) is 70.5 Å². The van der Waals surface area contributed by atoms with Gasteiger partial charge in [-0.3, -0.25) is 4.79 Å². The second kappa shape index (κ2) is 6.94. The lowest BCUT2D eigenvalue weighted by Crippen LogP contribution is -2.36. The van der Waals surface area contributed by atoms with Crippen molar-refractivity contribution in [3.05, 3.63) is 82.9 Å². The fraction of sp³-hybridized carbons (Fsp3) is 0.208. The summed E-state index contributed by atoms with van der Waals surface area (Å²) in [6.45, 7) is 5.34. The predicted molar refractivity (Wildman–Crippen MR) is 116 cm³/mol. The molecule has 2 aliphatic heterocycles. The number of nitrogens with zero attached hydrogens (tertiary/aromatic N) is 2. The first-order valence-electron chi connectivity index (χ1n) is 9.79. The molecule has 0 saturated heterocycles. The number of hydrogen-bond acceptors (Lipinski definition) is 4. The van der Waals surface area contributed by atoms with Gasteiger partial charge in [-0.05, 0) is 49.2 Å². The maximum absolute atomic E-state index is 12.8. The minimum atomic E-state index is -0.883. The van der Waals surface area contributed by atoms with E-state index in [-0.39, 0.29) is 5.91 Å². The van der Waals surface area contributed by atoms with Crippen molar-refractivity contribution in [2.24, 2.45) is 0 Å². The summed E-state index contributed by atoms with van der Waals surface area (Å²) in [6, 6.07) is 20.0. The normalized spacial score (nSPS) is 17.2. The van der Waals surface area contributed by atoms with Gasteiger partial charge in [-0.1, -0.05) is 48.2 Å². The standard InChI is InChI=1S/C24H22N2O2S/c1-15-11-12-21-22(16(15)2)25(19-9-5-6-10-20(19)29-21)13-14-26-23(27)17-7-3-4-8-18(17)24(26)28/h3-12,23,27H,13-14H2,1-2H3. The molecule has 2 aliphatic rings. The molecule has 4 nitrogen and oxygen atoms in total. The average Bonchev–Trinajstić information content (AvgIpc) is 2.99. The SMILES string of the molecule is Cc1ccc2c(c1C)N(CCN1C(=O)c3ccccc3C1O)c1ccccc1S2. The summed E-state index contributed by atoms with van der Waals surface area (Å²) in [5.41, 5.74) is 6.14. The van der Waals surface area contributed by atoms with E-state index < -0.39 is 6.23 Å². The molecule has 0 fully saturated rings. The van der Waals surface area contributed by atoms with Crippen molar-refractivity contribution in [3.8, 4) is 0 Å². The molecule has 3 aromatic carbocycles. The highest BCUT2D eigenvalue weighted by Crippen LogP contribution is 2.49. The van der Waals surface area contributed by atoms with Crippen LogP contribution in [0.5, 0.6) is 0 Å². The number of para-hydroxylation sites is 1. The molecule has 29 heavy (non-hydrogen) atoms. The molecule has 1 atom stereocenters. The minimum Gasteiger partial charge on any atom is -0.369 e. The summed E-state index contributed by atoms with van der Waals surface area (Å²) < 4.78 is 0. The van der Waals surface area contributed by atoms with E-state index in [1.165, 1.54) is 26.6 Å². The van der Waals surface area contributed by atoms with Gasteiger partial charge in [0.05, 0.1) is 11.4 Å². The lowest BCUT2D eigenvalue weighted by molar-refractivity contribution is 0.0191. The fourth-order valence-electron chi connectivity index (χ4n) is 4.21. The number of fused-ring (bicyclic) bond motifs is 3. The quantitative estimate of drug-likeness (QED) is 0.666. The lowest BCUT2D eigenvalue weighted by atomic mass is 10.1. The molecular formula is C24H22N2O2S. The molecule has 0 bridgehead atoms. The molecular weight excluding hydrogens is 380 g/mol. The number of benzene rings is 3. The van der Waals surface area contributed by atoms with Gasteiger partial charge >= 0.3 is 0 Å². The summed E-state index contributed by atoms with van der Waals surface area (Å²) in [4.78, 5) is 19.1. The topological polar surface area (TPSA) is 43.8 Å². The number of anilines is 2. The molecule has 0 aliphatic carbocycles. The van der Waals surface area contributed by atoms with Crippen molar-refractivity contribution in [2.45, 2.75) is 29.9 Å². The van der Waals surface area contributed by atoms with Crippen molar-refractivity contribution in [2.75, 3.05) is 18.0 Å². The zero-order valence-corrected chi connectivity index (χ0v) is 17.2. The fourth-order valence-corrected chi connectivity index (χ4v) is 5.38. The average molecular weight is 403 g/mol. The van der Waals surface area contributed by atoms with E-state index in [0.29, 0.717) is 24.2 Å². The first-order valence-corrected chi connectivity index (χ1v) is 10.6. The molecule has 3 aromatic rings. The zero-order valence-electron chi connectivity index (χ0n) is 16.4. The van der Waals surface area contributed by atoms with Crippen LogP contribution in [0.25, 0.3) is 0 Å². The van der Waals surface area contributed by atoms with Crippen molar-refractivity contribution >= 4 is 29.0 Å². The number of aryl methyl sites for hydroxylation is 1. The highest BCUT2D eigenvalue weighted by Gasteiger charge is 2.35. The second-order valence-electron chi connectivity index (χ2n) is 7.54. The largest absolute Gasteiger partial charge is 0.369 e. The third-order valence-electron chi connectivity index (χ3n) is 5.90. The lowest BCUT2D eigenvalue weighted by Gasteiger charge is -2.36. The predicted octanol–water partition coefficient (Wildman–Crippen LogP) is 5.05. The van der Waals surface area contributed by atoms with Gasteiger partial charge in [0.2, 0.25) is 0 Å². The van der Waals surface area contributed by atoms with E-state index in [1.807, 2.05) is 24.3 Å².